The summed E-state index contributed by atoms with van der Waals surface area (Å²) in [4.78, 5) is 1.23. The Hall–Kier alpha value is -1.45. The lowest BCUT2D eigenvalue weighted by atomic mass is 10.1. The minimum absolute atomic E-state index is 0.461. The van der Waals surface area contributed by atoms with Crippen LogP contribution in [0.15, 0.2) is 53.4 Å². The highest BCUT2D eigenvalue weighted by atomic mass is 32.2. The van der Waals surface area contributed by atoms with E-state index in [2.05, 4.69) is 41.7 Å². The molecule has 1 N–H and O–H groups in total. The normalized spacial score (nSPS) is 16.8. The number of benzene rings is 2. The lowest BCUT2D eigenvalue weighted by Crippen LogP contribution is -2.08. The molecule has 2 nitrogen and oxygen atoms in total. The molecular formula is C17H19NOS. The monoisotopic (exact) mass is 285 g/mol. The first kappa shape index (κ1) is 13.5. The zero-order valence-electron chi connectivity index (χ0n) is 11.6. The average molecular weight is 285 g/mol. The maximum atomic E-state index is 6.10. The first-order valence-corrected chi connectivity index (χ1v) is 7.93. The van der Waals surface area contributed by atoms with E-state index in [0.29, 0.717) is 5.25 Å². The smallest absolute Gasteiger partial charge is 0.141 e. The van der Waals surface area contributed by atoms with Crippen LogP contribution < -0.4 is 10.1 Å². The summed E-state index contributed by atoms with van der Waals surface area (Å²) in [5, 5.41) is 3.69. The van der Waals surface area contributed by atoms with Crippen molar-refractivity contribution in [1.29, 1.82) is 0 Å². The second-order valence-corrected chi connectivity index (χ2v) is 6.18. The standard InChI is InChI=1S/C17H19NOS/c1-18-12-6-11-16-13-7-2-3-8-14(13)19-15-9-4-5-10-17(15)20-16/h2-5,7-10,16,18H,6,11-12H2,1H3/t16-/m0/s1. The van der Waals surface area contributed by atoms with Crippen molar-refractivity contribution < 1.29 is 4.74 Å². The van der Waals surface area contributed by atoms with E-state index in [1.165, 1.54) is 16.9 Å². The van der Waals surface area contributed by atoms with Crippen LogP contribution >= 0.6 is 11.8 Å². The summed E-state index contributed by atoms with van der Waals surface area (Å²) in [6, 6.07) is 16.7. The number of hydrogen-bond acceptors (Lipinski definition) is 3. The van der Waals surface area contributed by atoms with E-state index in [9.17, 15) is 0 Å². The molecule has 3 heteroatoms. The molecule has 0 unspecified atom stereocenters. The molecule has 20 heavy (non-hydrogen) atoms. The Labute approximate surface area is 124 Å². The van der Waals surface area contributed by atoms with Crippen molar-refractivity contribution in [1.82, 2.24) is 5.32 Å². The summed E-state index contributed by atoms with van der Waals surface area (Å²) in [7, 11) is 2.01. The van der Waals surface area contributed by atoms with Crippen LogP contribution in [0.1, 0.15) is 23.7 Å². The molecule has 1 heterocycles. The molecule has 1 aliphatic heterocycles. The molecule has 1 atom stereocenters. The average Bonchev–Trinajstić information content (AvgIpc) is 2.64. The first-order valence-electron chi connectivity index (χ1n) is 7.05. The number of ether oxygens (including phenoxy) is 1. The summed E-state index contributed by atoms with van der Waals surface area (Å²) >= 11 is 1.92. The fourth-order valence-corrected chi connectivity index (χ4v) is 3.78. The maximum Gasteiger partial charge on any atom is 0.141 e. The Bertz CT molecular complexity index is 585. The molecule has 0 aliphatic carbocycles. The molecule has 0 saturated heterocycles. The largest absolute Gasteiger partial charge is 0.456 e. The van der Waals surface area contributed by atoms with E-state index < -0.39 is 0 Å². The Kier molecular flexibility index (Phi) is 4.28. The highest BCUT2D eigenvalue weighted by molar-refractivity contribution is 7.99. The van der Waals surface area contributed by atoms with Crippen molar-refractivity contribution >= 4 is 11.8 Å². The van der Waals surface area contributed by atoms with E-state index in [1.807, 2.05) is 30.9 Å². The van der Waals surface area contributed by atoms with Crippen molar-refractivity contribution in [2.24, 2.45) is 0 Å². The lowest BCUT2D eigenvalue weighted by molar-refractivity contribution is 0.467. The van der Waals surface area contributed by atoms with Crippen molar-refractivity contribution in [2.45, 2.75) is 23.0 Å². The number of hydrogen-bond donors (Lipinski definition) is 1. The first-order chi connectivity index (χ1) is 9.88. The molecule has 0 saturated carbocycles. The fraction of sp³-hybridized carbons (Fsp3) is 0.294. The summed E-state index contributed by atoms with van der Waals surface area (Å²) in [5.74, 6) is 1.97. The molecule has 104 valence electrons. The third kappa shape index (κ3) is 2.84. The second kappa shape index (κ2) is 6.33. The van der Waals surface area contributed by atoms with Gasteiger partial charge in [-0.25, -0.2) is 0 Å². The van der Waals surface area contributed by atoms with Gasteiger partial charge in [-0.3, -0.25) is 0 Å². The number of nitrogens with one attached hydrogen (secondary N) is 1. The van der Waals surface area contributed by atoms with Crippen LogP contribution in [-0.2, 0) is 0 Å². The molecule has 2 aromatic carbocycles. The summed E-state index contributed by atoms with van der Waals surface area (Å²) in [6.07, 6.45) is 2.32. The highest BCUT2D eigenvalue weighted by Gasteiger charge is 2.23. The second-order valence-electron chi connectivity index (χ2n) is 4.94. The number of para-hydroxylation sites is 2. The third-order valence-electron chi connectivity index (χ3n) is 3.50. The van der Waals surface area contributed by atoms with Crippen molar-refractivity contribution in [3.05, 3.63) is 54.1 Å². The predicted molar refractivity (Wildman–Crippen MR) is 84.7 cm³/mol. The van der Waals surface area contributed by atoms with Gasteiger partial charge in [-0.05, 0) is 44.6 Å². The van der Waals surface area contributed by atoms with E-state index in [-0.39, 0.29) is 0 Å². The zero-order chi connectivity index (χ0) is 13.8. The molecule has 2 aromatic rings. The Morgan fingerprint density at radius 2 is 1.80 bits per heavy atom. The molecule has 0 radical (unpaired) electrons. The van der Waals surface area contributed by atoms with Gasteiger partial charge in [0.1, 0.15) is 11.5 Å². The Morgan fingerprint density at radius 1 is 1.05 bits per heavy atom. The van der Waals surface area contributed by atoms with Crippen molar-refractivity contribution in [2.75, 3.05) is 13.6 Å². The van der Waals surface area contributed by atoms with Gasteiger partial charge in [-0.15, -0.1) is 11.8 Å². The Morgan fingerprint density at radius 3 is 2.65 bits per heavy atom. The van der Waals surface area contributed by atoms with E-state index in [0.717, 1.165) is 24.5 Å². The van der Waals surface area contributed by atoms with Crippen LogP contribution in [0.25, 0.3) is 0 Å². The van der Waals surface area contributed by atoms with Crippen LogP contribution in [0.3, 0.4) is 0 Å². The predicted octanol–water partition coefficient (Wildman–Crippen LogP) is 4.63. The van der Waals surface area contributed by atoms with Gasteiger partial charge in [-0.1, -0.05) is 30.3 Å². The van der Waals surface area contributed by atoms with Gasteiger partial charge in [0, 0.05) is 10.8 Å². The van der Waals surface area contributed by atoms with E-state index in [1.54, 1.807) is 0 Å². The summed E-state index contributed by atoms with van der Waals surface area (Å²) < 4.78 is 6.10. The lowest BCUT2D eigenvalue weighted by Gasteiger charge is -2.15. The van der Waals surface area contributed by atoms with Crippen molar-refractivity contribution in [3.63, 3.8) is 0 Å². The molecule has 1 aliphatic rings. The minimum Gasteiger partial charge on any atom is -0.456 e. The summed E-state index contributed by atoms with van der Waals surface area (Å²) in [6.45, 7) is 1.06. The number of thioether (sulfide) groups is 1. The fourth-order valence-electron chi connectivity index (χ4n) is 2.49. The van der Waals surface area contributed by atoms with Gasteiger partial charge in [0.15, 0.2) is 0 Å². The van der Waals surface area contributed by atoms with Gasteiger partial charge >= 0.3 is 0 Å². The van der Waals surface area contributed by atoms with Gasteiger partial charge in [0.25, 0.3) is 0 Å². The molecule has 0 aromatic heterocycles. The number of rotatable bonds is 4. The van der Waals surface area contributed by atoms with Gasteiger partial charge < -0.3 is 10.1 Å². The molecular weight excluding hydrogens is 266 g/mol. The zero-order valence-corrected chi connectivity index (χ0v) is 12.5. The van der Waals surface area contributed by atoms with Crippen LogP contribution in [-0.4, -0.2) is 13.6 Å². The quantitative estimate of drug-likeness (QED) is 0.828. The van der Waals surface area contributed by atoms with Crippen LogP contribution in [0.2, 0.25) is 0 Å². The van der Waals surface area contributed by atoms with E-state index in [4.69, 9.17) is 4.74 Å². The van der Waals surface area contributed by atoms with Gasteiger partial charge in [-0.2, -0.15) is 0 Å². The Balaban J connectivity index is 1.93. The minimum atomic E-state index is 0.461. The van der Waals surface area contributed by atoms with E-state index >= 15 is 0 Å². The molecule has 0 fully saturated rings. The highest BCUT2D eigenvalue weighted by Crippen LogP contribution is 2.49. The van der Waals surface area contributed by atoms with Gasteiger partial charge in [0.05, 0.1) is 4.90 Å². The van der Waals surface area contributed by atoms with Crippen molar-refractivity contribution in [3.8, 4) is 11.5 Å². The molecule has 0 spiro atoms. The van der Waals surface area contributed by atoms with Crippen LogP contribution in [0, 0.1) is 0 Å². The summed E-state index contributed by atoms with van der Waals surface area (Å²) in [5.41, 5.74) is 1.31. The molecule has 0 amide bonds. The van der Waals surface area contributed by atoms with Gasteiger partial charge in [0.2, 0.25) is 0 Å². The van der Waals surface area contributed by atoms with Crippen LogP contribution in [0.4, 0.5) is 0 Å². The number of fused-ring (bicyclic) bond motifs is 2. The maximum absolute atomic E-state index is 6.10. The topological polar surface area (TPSA) is 21.3 Å². The third-order valence-corrected chi connectivity index (χ3v) is 4.86. The molecule has 3 rings (SSSR count). The molecule has 0 bridgehead atoms. The van der Waals surface area contributed by atoms with Crippen LogP contribution in [0.5, 0.6) is 11.5 Å². The SMILES string of the molecule is CNCCC[C@@H]1Sc2ccccc2Oc2ccccc21.